The lowest BCUT2D eigenvalue weighted by atomic mass is 9.93. The molecule has 2 aromatic rings. The minimum absolute atomic E-state index is 0.159. The Labute approximate surface area is 121 Å². The average molecular weight is 286 g/mol. The van der Waals surface area contributed by atoms with Crippen LogP contribution in [0.15, 0.2) is 48.7 Å². The highest BCUT2D eigenvalue weighted by atomic mass is 19.1. The van der Waals surface area contributed by atoms with Crippen LogP contribution in [0.5, 0.6) is 0 Å². The Morgan fingerprint density at radius 3 is 2.57 bits per heavy atom. The number of aliphatic carboxylic acids is 1. The largest absolute Gasteiger partial charge is 0.481 e. The first kappa shape index (κ1) is 13.5. The zero-order valence-corrected chi connectivity index (χ0v) is 11.3. The number of carboxylic acid groups (broad SMARTS) is 1. The predicted octanol–water partition coefficient (Wildman–Crippen LogP) is 2.53. The zero-order chi connectivity index (χ0) is 14.8. The summed E-state index contributed by atoms with van der Waals surface area (Å²) in [5.74, 6) is -1.79. The molecule has 0 saturated carbocycles. The van der Waals surface area contributed by atoms with Crippen molar-refractivity contribution in [3.05, 3.63) is 60.2 Å². The number of carbonyl (C=O) groups is 1. The maximum Gasteiger partial charge on any atom is 0.309 e. The molecule has 0 spiro atoms. The van der Waals surface area contributed by atoms with Crippen molar-refractivity contribution in [1.82, 2.24) is 4.98 Å². The van der Waals surface area contributed by atoms with E-state index in [1.54, 1.807) is 18.3 Å². The van der Waals surface area contributed by atoms with Crippen molar-refractivity contribution in [2.45, 2.75) is 5.92 Å². The van der Waals surface area contributed by atoms with Crippen LogP contribution >= 0.6 is 0 Å². The van der Waals surface area contributed by atoms with E-state index in [1.807, 2.05) is 23.1 Å². The van der Waals surface area contributed by atoms with Gasteiger partial charge < -0.3 is 10.0 Å². The minimum atomic E-state index is -0.824. The highest BCUT2D eigenvalue weighted by Gasteiger charge is 2.39. The number of benzene rings is 1. The van der Waals surface area contributed by atoms with Gasteiger partial charge in [0.2, 0.25) is 0 Å². The summed E-state index contributed by atoms with van der Waals surface area (Å²) in [6.45, 7) is 0.974. The summed E-state index contributed by atoms with van der Waals surface area (Å²) in [5, 5.41) is 9.44. The van der Waals surface area contributed by atoms with Crippen molar-refractivity contribution in [1.29, 1.82) is 0 Å². The van der Waals surface area contributed by atoms with Crippen LogP contribution in [0.25, 0.3) is 0 Å². The molecule has 1 aliphatic heterocycles. The van der Waals surface area contributed by atoms with Gasteiger partial charge in [-0.3, -0.25) is 9.78 Å². The predicted molar refractivity (Wildman–Crippen MR) is 76.7 cm³/mol. The summed E-state index contributed by atoms with van der Waals surface area (Å²) in [7, 11) is 0. The molecule has 2 unspecified atom stereocenters. The van der Waals surface area contributed by atoms with Crippen LogP contribution in [-0.4, -0.2) is 29.1 Å². The highest BCUT2D eigenvalue weighted by Crippen LogP contribution is 2.34. The van der Waals surface area contributed by atoms with Crippen LogP contribution in [0, 0.1) is 11.7 Å². The number of anilines is 1. The van der Waals surface area contributed by atoms with Crippen molar-refractivity contribution in [3.8, 4) is 0 Å². The number of aromatic nitrogens is 1. The average Bonchev–Trinajstić information content (AvgIpc) is 2.94. The Hall–Kier alpha value is -2.43. The van der Waals surface area contributed by atoms with Crippen LogP contribution in [0.4, 0.5) is 10.1 Å². The number of rotatable bonds is 3. The second-order valence-electron chi connectivity index (χ2n) is 5.19. The third-order valence-corrected chi connectivity index (χ3v) is 3.90. The van der Waals surface area contributed by atoms with E-state index in [-0.39, 0.29) is 11.7 Å². The first-order chi connectivity index (χ1) is 10.1. The molecule has 1 saturated heterocycles. The Morgan fingerprint density at radius 2 is 1.95 bits per heavy atom. The molecule has 1 aromatic carbocycles. The molecule has 1 aliphatic rings. The molecule has 4 nitrogen and oxygen atoms in total. The number of carboxylic acids is 1. The van der Waals surface area contributed by atoms with Crippen LogP contribution in [0.1, 0.15) is 11.6 Å². The van der Waals surface area contributed by atoms with E-state index in [9.17, 15) is 14.3 Å². The molecule has 0 aliphatic carbocycles. The topological polar surface area (TPSA) is 53.4 Å². The molecule has 5 heteroatoms. The third-order valence-electron chi connectivity index (χ3n) is 3.90. The van der Waals surface area contributed by atoms with Gasteiger partial charge >= 0.3 is 5.97 Å². The standard InChI is InChI=1S/C16H15FN2O2/c17-11-4-6-12(7-5-11)19-9-13(14(10-19)16(20)21)15-3-1-2-8-18-15/h1-8,13-14H,9-10H2,(H,20,21). The summed E-state index contributed by atoms with van der Waals surface area (Å²) in [4.78, 5) is 17.8. The Balaban J connectivity index is 1.88. The second-order valence-corrected chi connectivity index (χ2v) is 5.19. The molecule has 3 rings (SSSR count). The van der Waals surface area contributed by atoms with E-state index in [2.05, 4.69) is 4.98 Å². The molecule has 2 heterocycles. The highest BCUT2D eigenvalue weighted by molar-refractivity contribution is 5.74. The van der Waals surface area contributed by atoms with Crippen LogP contribution < -0.4 is 4.90 Å². The van der Waals surface area contributed by atoms with Crippen LogP contribution in [0.3, 0.4) is 0 Å². The Bertz CT molecular complexity index is 630. The van der Waals surface area contributed by atoms with E-state index < -0.39 is 11.9 Å². The molecule has 0 radical (unpaired) electrons. The Morgan fingerprint density at radius 1 is 1.19 bits per heavy atom. The molecular formula is C16H15FN2O2. The summed E-state index contributed by atoms with van der Waals surface area (Å²) in [6.07, 6.45) is 1.68. The van der Waals surface area contributed by atoms with Crippen molar-refractivity contribution in [2.24, 2.45) is 5.92 Å². The minimum Gasteiger partial charge on any atom is -0.481 e. The van der Waals surface area contributed by atoms with E-state index >= 15 is 0 Å². The molecule has 1 aromatic heterocycles. The lowest BCUT2D eigenvalue weighted by molar-refractivity contribution is -0.141. The fraction of sp³-hybridized carbons (Fsp3) is 0.250. The Kier molecular flexibility index (Phi) is 3.56. The van der Waals surface area contributed by atoms with Gasteiger partial charge in [0.15, 0.2) is 0 Å². The van der Waals surface area contributed by atoms with Gasteiger partial charge in [-0.2, -0.15) is 0 Å². The first-order valence-electron chi connectivity index (χ1n) is 6.79. The quantitative estimate of drug-likeness (QED) is 0.942. The van der Waals surface area contributed by atoms with Gasteiger partial charge in [0.1, 0.15) is 5.82 Å². The first-order valence-corrected chi connectivity index (χ1v) is 6.79. The molecule has 0 bridgehead atoms. The second kappa shape index (κ2) is 5.52. The van der Waals surface area contributed by atoms with Crippen LogP contribution in [-0.2, 0) is 4.79 Å². The smallest absolute Gasteiger partial charge is 0.309 e. The summed E-state index contributed by atoms with van der Waals surface area (Å²) >= 11 is 0. The molecule has 1 fully saturated rings. The number of pyridine rings is 1. The van der Waals surface area contributed by atoms with E-state index in [0.717, 1.165) is 11.4 Å². The van der Waals surface area contributed by atoms with Gasteiger partial charge in [-0.05, 0) is 36.4 Å². The maximum atomic E-state index is 13.0. The lowest BCUT2D eigenvalue weighted by Crippen LogP contribution is -2.23. The number of hydrogen-bond donors (Lipinski definition) is 1. The zero-order valence-electron chi connectivity index (χ0n) is 11.3. The molecule has 0 amide bonds. The monoisotopic (exact) mass is 286 g/mol. The van der Waals surface area contributed by atoms with E-state index in [1.165, 1.54) is 12.1 Å². The van der Waals surface area contributed by atoms with Crippen molar-refractivity contribution in [2.75, 3.05) is 18.0 Å². The van der Waals surface area contributed by atoms with E-state index in [0.29, 0.717) is 13.1 Å². The molecule has 21 heavy (non-hydrogen) atoms. The van der Waals surface area contributed by atoms with Crippen molar-refractivity contribution >= 4 is 11.7 Å². The van der Waals surface area contributed by atoms with Gasteiger partial charge in [0, 0.05) is 36.6 Å². The fourth-order valence-electron chi connectivity index (χ4n) is 2.81. The van der Waals surface area contributed by atoms with Gasteiger partial charge in [-0.25, -0.2) is 4.39 Å². The third kappa shape index (κ3) is 2.72. The van der Waals surface area contributed by atoms with Gasteiger partial charge in [-0.15, -0.1) is 0 Å². The summed E-state index contributed by atoms with van der Waals surface area (Å²) < 4.78 is 13.0. The maximum absolute atomic E-state index is 13.0. The normalized spacial score (nSPS) is 21.5. The van der Waals surface area contributed by atoms with E-state index in [4.69, 9.17) is 0 Å². The van der Waals surface area contributed by atoms with Gasteiger partial charge in [0.25, 0.3) is 0 Å². The number of halogens is 1. The number of nitrogens with zero attached hydrogens (tertiary/aromatic N) is 2. The van der Waals surface area contributed by atoms with Crippen LogP contribution in [0.2, 0.25) is 0 Å². The van der Waals surface area contributed by atoms with Crippen molar-refractivity contribution in [3.63, 3.8) is 0 Å². The van der Waals surface area contributed by atoms with Gasteiger partial charge in [-0.1, -0.05) is 6.07 Å². The molecule has 2 atom stereocenters. The molecular weight excluding hydrogens is 271 g/mol. The fourth-order valence-corrected chi connectivity index (χ4v) is 2.81. The van der Waals surface area contributed by atoms with Gasteiger partial charge in [0.05, 0.1) is 5.92 Å². The molecule has 1 N–H and O–H groups in total. The molecule has 108 valence electrons. The summed E-state index contributed by atoms with van der Waals surface area (Å²) in [6, 6.07) is 11.7. The SMILES string of the molecule is O=C(O)C1CN(c2ccc(F)cc2)CC1c1ccccn1. The van der Waals surface area contributed by atoms with Crippen molar-refractivity contribution < 1.29 is 14.3 Å². The lowest BCUT2D eigenvalue weighted by Gasteiger charge is -2.18. The summed E-state index contributed by atoms with van der Waals surface area (Å²) in [5.41, 5.74) is 1.62. The number of hydrogen-bond acceptors (Lipinski definition) is 3.